The van der Waals surface area contributed by atoms with Crippen LogP contribution in [0.25, 0.3) is 10.9 Å². The van der Waals surface area contributed by atoms with Crippen molar-refractivity contribution in [1.82, 2.24) is 4.98 Å². The first-order chi connectivity index (χ1) is 13.2. The Morgan fingerprint density at radius 2 is 1.96 bits per heavy atom. The molecular formula is C23H23BrN2O2. The van der Waals surface area contributed by atoms with Crippen LogP contribution in [0, 0.1) is 11.3 Å². The van der Waals surface area contributed by atoms with E-state index in [4.69, 9.17) is 10.00 Å². The molecule has 0 saturated heterocycles. The monoisotopic (exact) mass is 438 g/mol. The first-order valence-electron chi connectivity index (χ1n) is 9.27. The topological polar surface area (TPSA) is 65.9 Å². The predicted molar refractivity (Wildman–Crippen MR) is 114 cm³/mol. The van der Waals surface area contributed by atoms with Crippen LogP contribution in [0.5, 0.6) is 0 Å². The SMILES string of the molecule is CCC(c1ccc(C(=O)OC(C)(C)C)cc1Br)c1c[nH]c2cc(C#N)ccc12. The number of aromatic amines is 1. The smallest absolute Gasteiger partial charge is 0.338 e. The fraction of sp³-hybridized carbons (Fsp3) is 0.304. The highest BCUT2D eigenvalue weighted by atomic mass is 79.9. The van der Waals surface area contributed by atoms with Gasteiger partial charge in [0.15, 0.2) is 0 Å². The standard InChI is InChI=1S/C23H23BrN2O2/c1-5-16(19-13-26-21-10-14(12-25)6-8-18(19)21)17-9-7-15(11-20(17)24)22(27)28-23(2,3)4/h6-11,13,16,26H,5H2,1-4H3. The Bertz CT molecular complexity index is 1070. The number of hydrogen-bond donors (Lipinski definition) is 1. The number of rotatable bonds is 4. The van der Waals surface area contributed by atoms with Gasteiger partial charge in [0.2, 0.25) is 0 Å². The normalized spacial score (nSPS) is 12.6. The van der Waals surface area contributed by atoms with Gasteiger partial charge in [0.05, 0.1) is 17.2 Å². The van der Waals surface area contributed by atoms with Crippen molar-refractivity contribution < 1.29 is 9.53 Å². The number of hydrogen-bond acceptors (Lipinski definition) is 3. The Morgan fingerprint density at radius 3 is 2.57 bits per heavy atom. The molecule has 1 N–H and O–H groups in total. The lowest BCUT2D eigenvalue weighted by Crippen LogP contribution is -2.23. The second kappa shape index (κ2) is 7.81. The molecule has 0 aliphatic rings. The quantitative estimate of drug-likeness (QED) is 0.485. The molecule has 1 atom stereocenters. The number of carbonyl (C=O) groups excluding carboxylic acids is 1. The molecule has 0 radical (unpaired) electrons. The summed E-state index contributed by atoms with van der Waals surface area (Å²) >= 11 is 3.65. The average molecular weight is 439 g/mol. The number of ether oxygens (including phenoxy) is 1. The summed E-state index contributed by atoms with van der Waals surface area (Å²) < 4.78 is 6.35. The van der Waals surface area contributed by atoms with E-state index in [9.17, 15) is 4.79 Å². The van der Waals surface area contributed by atoms with Crippen molar-refractivity contribution in [3.63, 3.8) is 0 Å². The lowest BCUT2D eigenvalue weighted by Gasteiger charge is -2.21. The molecule has 0 fully saturated rings. The molecule has 2 aromatic carbocycles. The molecule has 1 aromatic heterocycles. The minimum atomic E-state index is -0.527. The maximum atomic E-state index is 12.4. The van der Waals surface area contributed by atoms with Crippen LogP contribution >= 0.6 is 15.9 Å². The second-order valence-electron chi connectivity index (χ2n) is 7.82. The van der Waals surface area contributed by atoms with E-state index in [1.54, 1.807) is 0 Å². The van der Waals surface area contributed by atoms with E-state index in [0.717, 1.165) is 27.4 Å². The van der Waals surface area contributed by atoms with Gasteiger partial charge in [0.1, 0.15) is 5.60 Å². The van der Waals surface area contributed by atoms with Crippen LogP contribution in [-0.2, 0) is 4.74 Å². The minimum absolute atomic E-state index is 0.156. The fourth-order valence-corrected chi connectivity index (χ4v) is 4.04. The van der Waals surface area contributed by atoms with E-state index in [0.29, 0.717) is 11.1 Å². The molecule has 0 aliphatic carbocycles. The molecule has 0 saturated carbocycles. The number of fused-ring (bicyclic) bond motifs is 1. The Hall–Kier alpha value is -2.58. The summed E-state index contributed by atoms with van der Waals surface area (Å²) in [6.45, 7) is 7.71. The van der Waals surface area contributed by atoms with Gasteiger partial charge in [0, 0.05) is 27.5 Å². The van der Waals surface area contributed by atoms with Crippen LogP contribution in [0.3, 0.4) is 0 Å². The van der Waals surface area contributed by atoms with Gasteiger partial charge in [-0.1, -0.05) is 35.0 Å². The van der Waals surface area contributed by atoms with Gasteiger partial charge >= 0.3 is 5.97 Å². The number of nitrogens with one attached hydrogen (secondary N) is 1. The van der Waals surface area contributed by atoms with Crippen molar-refractivity contribution in [1.29, 1.82) is 5.26 Å². The molecule has 4 nitrogen and oxygen atoms in total. The molecule has 3 aromatic rings. The fourth-order valence-electron chi connectivity index (χ4n) is 3.39. The third-order valence-corrected chi connectivity index (χ3v) is 5.32. The maximum absolute atomic E-state index is 12.4. The summed E-state index contributed by atoms with van der Waals surface area (Å²) in [7, 11) is 0. The summed E-state index contributed by atoms with van der Waals surface area (Å²) in [6.07, 6.45) is 2.91. The Morgan fingerprint density at radius 1 is 1.21 bits per heavy atom. The number of halogens is 1. The molecule has 0 spiro atoms. The summed E-state index contributed by atoms with van der Waals surface area (Å²) in [6, 6.07) is 13.5. The van der Waals surface area contributed by atoms with Crippen LogP contribution in [0.15, 0.2) is 47.1 Å². The molecule has 3 rings (SSSR count). The van der Waals surface area contributed by atoms with E-state index >= 15 is 0 Å². The summed E-state index contributed by atoms with van der Waals surface area (Å²) in [5.41, 5.74) is 3.87. The van der Waals surface area contributed by atoms with Gasteiger partial charge in [-0.15, -0.1) is 0 Å². The van der Waals surface area contributed by atoms with E-state index < -0.39 is 5.60 Å². The number of benzene rings is 2. The van der Waals surface area contributed by atoms with Crippen LogP contribution in [0.4, 0.5) is 0 Å². The van der Waals surface area contributed by atoms with Crippen molar-refractivity contribution >= 4 is 32.8 Å². The van der Waals surface area contributed by atoms with Crippen molar-refractivity contribution in [2.24, 2.45) is 0 Å². The molecule has 1 heterocycles. The van der Waals surface area contributed by atoms with Gasteiger partial charge in [0.25, 0.3) is 0 Å². The van der Waals surface area contributed by atoms with Gasteiger partial charge in [-0.3, -0.25) is 0 Å². The summed E-state index contributed by atoms with van der Waals surface area (Å²) in [5, 5.41) is 10.2. The molecule has 5 heteroatoms. The number of carbonyl (C=O) groups is 1. The number of H-pyrrole nitrogens is 1. The van der Waals surface area contributed by atoms with E-state index in [2.05, 4.69) is 33.9 Å². The second-order valence-corrected chi connectivity index (χ2v) is 8.67. The Kier molecular flexibility index (Phi) is 5.62. The maximum Gasteiger partial charge on any atom is 0.338 e. The van der Waals surface area contributed by atoms with E-state index in [-0.39, 0.29) is 11.9 Å². The number of esters is 1. The first-order valence-corrected chi connectivity index (χ1v) is 10.1. The highest BCUT2D eigenvalue weighted by Crippen LogP contribution is 2.37. The van der Waals surface area contributed by atoms with Crippen LogP contribution < -0.4 is 0 Å². The largest absolute Gasteiger partial charge is 0.456 e. The molecule has 28 heavy (non-hydrogen) atoms. The van der Waals surface area contributed by atoms with Crippen molar-refractivity contribution in [3.8, 4) is 6.07 Å². The molecule has 0 amide bonds. The van der Waals surface area contributed by atoms with Crippen molar-refractivity contribution in [2.45, 2.75) is 45.6 Å². The number of nitrogens with zero attached hydrogens (tertiary/aromatic N) is 1. The summed E-state index contributed by atoms with van der Waals surface area (Å²) in [5.74, 6) is -0.173. The molecule has 1 unspecified atom stereocenters. The average Bonchev–Trinajstić information content (AvgIpc) is 3.05. The van der Waals surface area contributed by atoms with E-state index in [1.165, 1.54) is 5.56 Å². The van der Waals surface area contributed by atoms with Gasteiger partial charge in [-0.05, 0) is 62.6 Å². The first kappa shape index (κ1) is 20.2. The molecule has 144 valence electrons. The third-order valence-electron chi connectivity index (χ3n) is 4.64. The Balaban J connectivity index is 1.98. The lowest BCUT2D eigenvalue weighted by molar-refractivity contribution is 0.00694. The van der Waals surface area contributed by atoms with Gasteiger partial charge in [-0.25, -0.2) is 4.79 Å². The molecule has 0 aliphatic heterocycles. The zero-order valence-electron chi connectivity index (χ0n) is 16.5. The van der Waals surface area contributed by atoms with Gasteiger partial charge < -0.3 is 9.72 Å². The lowest BCUT2D eigenvalue weighted by atomic mass is 9.88. The Labute approximate surface area is 173 Å². The number of nitriles is 1. The summed E-state index contributed by atoms with van der Waals surface area (Å²) in [4.78, 5) is 15.6. The van der Waals surface area contributed by atoms with Gasteiger partial charge in [-0.2, -0.15) is 5.26 Å². The minimum Gasteiger partial charge on any atom is -0.456 e. The number of aromatic nitrogens is 1. The predicted octanol–water partition coefficient (Wildman–Crippen LogP) is 6.30. The molecule has 0 bridgehead atoms. The van der Waals surface area contributed by atoms with Crippen molar-refractivity contribution in [2.75, 3.05) is 0 Å². The molecular weight excluding hydrogens is 416 g/mol. The zero-order chi connectivity index (χ0) is 20.5. The van der Waals surface area contributed by atoms with E-state index in [1.807, 2.05) is 63.4 Å². The highest BCUT2D eigenvalue weighted by molar-refractivity contribution is 9.10. The third kappa shape index (κ3) is 4.13. The zero-order valence-corrected chi connectivity index (χ0v) is 18.1. The van der Waals surface area contributed by atoms with Crippen LogP contribution in [0.1, 0.15) is 67.1 Å². The van der Waals surface area contributed by atoms with Crippen LogP contribution in [0.2, 0.25) is 0 Å². The van der Waals surface area contributed by atoms with Crippen LogP contribution in [-0.4, -0.2) is 16.6 Å². The highest BCUT2D eigenvalue weighted by Gasteiger charge is 2.22. The van der Waals surface area contributed by atoms with Crippen molar-refractivity contribution in [3.05, 3.63) is 69.3 Å².